The maximum Gasteiger partial charge on any atom is 0.300 e. The summed E-state index contributed by atoms with van der Waals surface area (Å²) in [5.41, 5.74) is 4.45. The topological polar surface area (TPSA) is 70.1 Å². The van der Waals surface area contributed by atoms with E-state index in [0.717, 1.165) is 29.9 Å². The number of aryl methyl sites for hydroxylation is 1. The third kappa shape index (κ3) is 4.69. The molecule has 0 aliphatic carbocycles. The number of amides is 1. The Balaban J connectivity index is 1.97. The molecular weight excluding hydrogens is 488 g/mol. The van der Waals surface area contributed by atoms with Gasteiger partial charge in [0.25, 0.3) is 11.7 Å². The SMILES string of the molecule is CCN(CC)c1ccc(C2/C(=C(\O)c3cc(OC)ccc3Cl)C(=O)C(=O)N2c2cccc(C)c2C)cc1. The summed E-state index contributed by atoms with van der Waals surface area (Å²) < 4.78 is 5.30. The second-order valence-corrected chi connectivity index (χ2v) is 9.40. The van der Waals surface area contributed by atoms with Gasteiger partial charge in [-0.1, -0.05) is 35.9 Å². The molecular formula is C30H31ClN2O4. The predicted octanol–water partition coefficient (Wildman–Crippen LogP) is 6.44. The third-order valence-corrected chi connectivity index (χ3v) is 7.38. The minimum Gasteiger partial charge on any atom is -0.507 e. The Hall–Kier alpha value is -3.77. The molecule has 1 aliphatic rings. The van der Waals surface area contributed by atoms with Crippen molar-refractivity contribution in [2.24, 2.45) is 0 Å². The van der Waals surface area contributed by atoms with Crippen molar-refractivity contribution < 1.29 is 19.4 Å². The van der Waals surface area contributed by atoms with E-state index in [2.05, 4.69) is 18.7 Å². The van der Waals surface area contributed by atoms with E-state index in [0.29, 0.717) is 17.0 Å². The van der Waals surface area contributed by atoms with E-state index in [4.69, 9.17) is 16.3 Å². The highest BCUT2D eigenvalue weighted by Crippen LogP contribution is 2.44. The number of nitrogens with zero attached hydrogens (tertiary/aromatic N) is 2. The zero-order chi connectivity index (χ0) is 26.9. The molecule has 1 N–H and O–H groups in total. The number of hydrogen-bond donors (Lipinski definition) is 1. The molecule has 1 heterocycles. The fraction of sp³-hybridized carbons (Fsp3) is 0.267. The summed E-state index contributed by atoms with van der Waals surface area (Å²) in [4.78, 5) is 30.8. The van der Waals surface area contributed by atoms with E-state index in [-0.39, 0.29) is 21.9 Å². The van der Waals surface area contributed by atoms with E-state index in [1.54, 1.807) is 18.2 Å². The van der Waals surface area contributed by atoms with Crippen LogP contribution in [-0.4, -0.2) is 37.0 Å². The largest absolute Gasteiger partial charge is 0.507 e. The first-order valence-corrected chi connectivity index (χ1v) is 12.7. The molecule has 3 aromatic carbocycles. The van der Waals surface area contributed by atoms with Crippen molar-refractivity contribution in [1.82, 2.24) is 0 Å². The lowest BCUT2D eigenvalue weighted by atomic mass is 9.94. The zero-order valence-corrected chi connectivity index (χ0v) is 22.5. The smallest absolute Gasteiger partial charge is 0.300 e. The maximum absolute atomic E-state index is 13.5. The standard InChI is InChI=1S/C30H31ClN2O4/c1-6-32(7-2)21-13-11-20(12-14-21)27-26(28(34)23-17-22(37-5)15-16-24(23)31)29(35)30(36)33(27)25-10-8-9-18(3)19(25)4/h8-17,27,34H,6-7H2,1-5H3/b28-26+. The lowest BCUT2D eigenvalue weighted by molar-refractivity contribution is -0.132. The molecule has 7 heteroatoms. The minimum atomic E-state index is -0.839. The first kappa shape index (κ1) is 26.3. The summed E-state index contributed by atoms with van der Waals surface area (Å²) in [6.07, 6.45) is 0. The Morgan fingerprint density at radius 1 is 1.03 bits per heavy atom. The third-order valence-electron chi connectivity index (χ3n) is 7.05. The van der Waals surface area contributed by atoms with Gasteiger partial charge in [-0.05, 0) is 80.8 Å². The molecule has 0 saturated carbocycles. The molecule has 0 aromatic heterocycles. The molecule has 1 saturated heterocycles. The molecule has 6 nitrogen and oxygen atoms in total. The van der Waals surface area contributed by atoms with Crippen molar-refractivity contribution in [3.05, 3.63) is 93.5 Å². The van der Waals surface area contributed by atoms with Gasteiger partial charge in [-0.3, -0.25) is 14.5 Å². The number of halogens is 1. The van der Waals surface area contributed by atoms with Crippen molar-refractivity contribution in [3.63, 3.8) is 0 Å². The summed E-state index contributed by atoms with van der Waals surface area (Å²) in [6, 6.07) is 17.4. The molecule has 0 spiro atoms. The van der Waals surface area contributed by atoms with Gasteiger partial charge in [-0.15, -0.1) is 0 Å². The number of rotatable bonds is 7. The van der Waals surface area contributed by atoms with Crippen molar-refractivity contribution in [3.8, 4) is 5.75 Å². The number of benzene rings is 3. The van der Waals surface area contributed by atoms with Gasteiger partial charge >= 0.3 is 0 Å². The van der Waals surface area contributed by atoms with Crippen LogP contribution in [0.25, 0.3) is 5.76 Å². The summed E-state index contributed by atoms with van der Waals surface area (Å²) in [5, 5.41) is 11.7. The molecule has 4 rings (SSSR count). The van der Waals surface area contributed by atoms with Crippen molar-refractivity contribution in [1.29, 1.82) is 0 Å². The minimum absolute atomic E-state index is 0.0170. The second kappa shape index (κ2) is 10.7. The number of aliphatic hydroxyl groups excluding tert-OH is 1. The molecule has 0 bridgehead atoms. The number of aliphatic hydroxyl groups is 1. The molecule has 1 amide bonds. The quantitative estimate of drug-likeness (QED) is 0.221. The Morgan fingerprint density at radius 2 is 1.70 bits per heavy atom. The molecule has 37 heavy (non-hydrogen) atoms. The highest BCUT2D eigenvalue weighted by atomic mass is 35.5. The maximum atomic E-state index is 13.5. The van der Waals surface area contributed by atoms with E-state index in [9.17, 15) is 14.7 Å². The number of carbonyl (C=O) groups excluding carboxylic acids is 2. The highest BCUT2D eigenvalue weighted by Gasteiger charge is 2.47. The summed E-state index contributed by atoms with van der Waals surface area (Å²) in [7, 11) is 1.50. The summed E-state index contributed by atoms with van der Waals surface area (Å²) in [6.45, 7) is 9.76. The van der Waals surface area contributed by atoms with E-state index in [1.165, 1.54) is 12.0 Å². The number of carbonyl (C=O) groups is 2. The van der Waals surface area contributed by atoms with E-state index >= 15 is 0 Å². The fourth-order valence-corrected chi connectivity index (χ4v) is 5.01. The van der Waals surface area contributed by atoms with Gasteiger partial charge in [0, 0.05) is 30.0 Å². The molecule has 0 radical (unpaired) electrons. The van der Waals surface area contributed by atoms with Crippen LogP contribution >= 0.6 is 11.6 Å². The number of hydrogen-bond acceptors (Lipinski definition) is 5. The van der Waals surface area contributed by atoms with Gasteiger partial charge in [0.05, 0.1) is 23.7 Å². The number of ether oxygens (including phenoxy) is 1. The molecule has 1 atom stereocenters. The van der Waals surface area contributed by atoms with Crippen LogP contribution in [0.4, 0.5) is 11.4 Å². The van der Waals surface area contributed by atoms with Crippen LogP contribution in [0.1, 0.15) is 42.1 Å². The van der Waals surface area contributed by atoms with Gasteiger partial charge < -0.3 is 14.7 Å². The molecule has 1 aliphatic heterocycles. The van der Waals surface area contributed by atoms with Crippen LogP contribution in [-0.2, 0) is 9.59 Å². The number of methoxy groups -OCH3 is 1. The lowest BCUT2D eigenvalue weighted by Gasteiger charge is -2.28. The monoisotopic (exact) mass is 518 g/mol. The van der Waals surface area contributed by atoms with Gasteiger partial charge in [0.15, 0.2) is 0 Å². The highest BCUT2D eigenvalue weighted by molar-refractivity contribution is 6.52. The number of Topliss-reactive ketones (excluding diaryl/α,β-unsaturated/α-hetero) is 1. The van der Waals surface area contributed by atoms with Gasteiger partial charge in [-0.2, -0.15) is 0 Å². The molecule has 192 valence electrons. The predicted molar refractivity (Wildman–Crippen MR) is 149 cm³/mol. The van der Waals surface area contributed by atoms with Crippen LogP contribution in [0.5, 0.6) is 5.75 Å². The molecule has 1 unspecified atom stereocenters. The van der Waals surface area contributed by atoms with Gasteiger partial charge in [0.2, 0.25) is 0 Å². The Morgan fingerprint density at radius 3 is 2.32 bits per heavy atom. The van der Waals surface area contributed by atoms with Gasteiger partial charge in [0.1, 0.15) is 11.5 Å². The van der Waals surface area contributed by atoms with Crippen LogP contribution in [0.15, 0.2) is 66.2 Å². The number of ketones is 1. The zero-order valence-electron chi connectivity index (χ0n) is 21.7. The van der Waals surface area contributed by atoms with Crippen LogP contribution < -0.4 is 14.5 Å². The van der Waals surface area contributed by atoms with Gasteiger partial charge in [-0.25, -0.2) is 0 Å². The van der Waals surface area contributed by atoms with E-state index < -0.39 is 17.7 Å². The van der Waals surface area contributed by atoms with Crippen molar-refractivity contribution in [2.75, 3.05) is 30.0 Å². The van der Waals surface area contributed by atoms with Crippen LogP contribution in [0, 0.1) is 13.8 Å². The number of anilines is 2. The Kier molecular flexibility index (Phi) is 7.60. The van der Waals surface area contributed by atoms with Crippen LogP contribution in [0.3, 0.4) is 0 Å². The summed E-state index contributed by atoms with van der Waals surface area (Å²) >= 11 is 6.43. The lowest BCUT2D eigenvalue weighted by Crippen LogP contribution is -2.30. The first-order valence-electron chi connectivity index (χ1n) is 12.3. The fourth-order valence-electron chi connectivity index (χ4n) is 4.81. The van der Waals surface area contributed by atoms with Crippen LogP contribution in [0.2, 0.25) is 5.02 Å². The average molecular weight is 519 g/mol. The first-order chi connectivity index (χ1) is 17.7. The molecule has 3 aromatic rings. The molecule has 1 fully saturated rings. The Bertz CT molecular complexity index is 1380. The Labute approximate surface area is 222 Å². The average Bonchev–Trinajstić information content (AvgIpc) is 3.17. The van der Waals surface area contributed by atoms with Crippen molar-refractivity contribution >= 4 is 40.4 Å². The second-order valence-electron chi connectivity index (χ2n) is 9.00. The normalized spacial score (nSPS) is 16.8. The van der Waals surface area contributed by atoms with Crippen molar-refractivity contribution in [2.45, 2.75) is 33.7 Å². The van der Waals surface area contributed by atoms with E-state index in [1.807, 2.05) is 56.3 Å². The summed E-state index contributed by atoms with van der Waals surface area (Å²) in [5.74, 6) is -1.34.